The number of hydrogen-bond acceptors (Lipinski definition) is 3. The Morgan fingerprint density at radius 3 is 2.65 bits per heavy atom. The molecule has 1 aromatic heterocycles. The van der Waals surface area contributed by atoms with Gasteiger partial charge in [0.1, 0.15) is 0 Å². The van der Waals surface area contributed by atoms with Gasteiger partial charge >= 0.3 is 5.69 Å². The molecule has 7 heteroatoms. The van der Waals surface area contributed by atoms with E-state index in [-0.39, 0.29) is 12.1 Å². The van der Waals surface area contributed by atoms with Crippen molar-refractivity contribution in [2.45, 2.75) is 19.4 Å². The van der Waals surface area contributed by atoms with Gasteiger partial charge in [-0.15, -0.1) is 0 Å². The normalized spacial score (nSPS) is 25.9. The molecule has 1 aromatic rings. The van der Waals surface area contributed by atoms with Crippen molar-refractivity contribution in [2.24, 2.45) is 11.8 Å². The molecule has 1 heterocycles. The average molecular weight is 246 g/mol. The van der Waals surface area contributed by atoms with Gasteiger partial charge < -0.3 is 5.11 Å². The highest BCUT2D eigenvalue weighted by Crippen LogP contribution is 2.55. The summed E-state index contributed by atoms with van der Waals surface area (Å²) in [5, 5.41) is 8.73. The van der Waals surface area contributed by atoms with Gasteiger partial charge in [0.2, 0.25) is 0 Å². The van der Waals surface area contributed by atoms with Crippen LogP contribution in [0.15, 0.2) is 15.8 Å². The SMILES string of the molecule is Cc1cn(C[C@@H]2[C@@H](CO)C2(F)F)c(=O)[nH]c1=O. The summed E-state index contributed by atoms with van der Waals surface area (Å²) in [5.74, 6) is -5.07. The first kappa shape index (κ1) is 12.0. The summed E-state index contributed by atoms with van der Waals surface area (Å²) in [6.07, 6.45) is 1.25. The monoisotopic (exact) mass is 246 g/mol. The van der Waals surface area contributed by atoms with Gasteiger partial charge in [0, 0.05) is 18.3 Å². The van der Waals surface area contributed by atoms with Crippen molar-refractivity contribution in [3.05, 3.63) is 32.6 Å². The van der Waals surface area contributed by atoms with Gasteiger partial charge in [-0.1, -0.05) is 0 Å². The molecule has 5 nitrogen and oxygen atoms in total. The van der Waals surface area contributed by atoms with Gasteiger partial charge in [-0.2, -0.15) is 0 Å². The topological polar surface area (TPSA) is 75.1 Å². The maximum atomic E-state index is 13.1. The molecule has 0 aliphatic heterocycles. The van der Waals surface area contributed by atoms with E-state index < -0.39 is 35.6 Å². The third-order valence-electron chi connectivity index (χ3n) is 3.14. The summed E-state index contributed by atoms with van der Waals surface area (Å²) in [4.78, 5) is 24.5. The predicted octanol–water partition coefficient (Wildman–Crippen LogP) is -0.281. The number of aromatic nitrogens is 2. The van der Waals surface area contributed by atoms with Crippen LogP contribution in [-0.4, -0.2) is 27.2 Å². The minimum Gasteiger partial charge on any atom is -0.396 e. The number of aromatic amines is 1. The van der Waals surface area contributed by atoms with Gasteiger partial charge in [-0.25, -0.2) is 13.6 Å². The molecule has 0 saturated heterocycles. The van der Waals surface area contributed by atoms with Crippen LogP contribution in [0.4, 0.5) is 8.78 Å². The van der Waals surface area contributed by atoms with Crippen LogP contribution < -0.4 is 11.2 Å². The second kappa shape index (κ2) is 3.76. The molecule has 2 atom stereocenters. The minimum atomic E-state index is -2.93. The Morgan fingerprint density at radius 1 is 1.47 bits per heavy atom. The zero-order chi connectivity index (χ0) is 12.8. The molecule has 17 heavy (non-hydrogen) atoms. The van der Waals surface area contributed by atoms with Gasteiger partial charge in [-0.3, -0.25) is 14.3 Å². The molecule has 94 valence electrons. The van der Waals surface area contributed by atoms with E-state index in [0.717, 1.165) is 4.57 Å². The highest BCUT2D eigenvalue weighted by Gasteiger charge is 2.67. The van der Waals surface area contributed by atoms with Crippen molar-refractivity contribution in [3.63, 3.8) is 0 Å². The maximum Gasteiger partial charge on any atom is 0.328 e. The fraction of sp³-hybridized carbons (Fsp3) is 0.600. The Labute approximate surface area is 94.7 Å². The van der Waals surface area contributed by atoms with Gasteiger partial charge in [0.15, 0.2) is 0 Å². The molecular weight excluding hydrogens is 234 g/mol. The minimum absolute atomic E-state index is 0.200. The van der Waals surface area contributed by atoms with E-state index in [9.17, 15) is 18.4 Å². The first-order valence-electron chi connectivity index (χ1n) is 5.17. The first-order valence-corrected chi connectivity index (χ1v) is 5.17. The number of H-pyrrole nitrogens is 1. The molecule has 0 spiro atoms. The number of aliphatic hydroxyl groups excluding tert-OH is 1. The van der Waals surface area contributed by atoms with E-state index in [1.54, 1.807) is 0 Å². The summed E-state index contributed by atoms with van der Waals surface area (Å²) < 4.78 is 27.3. The van der Waals surface area contributed by atoms with Crippen LogP contribution in [0.5, 0.6) is 0 Å². The summed E-state index contributed by atoms with van der Waals surface area (Å²) in [5.41, 5.74) is -0.943. The van der Waals surface area contributed by atoms with Gasteiger partial charge in [0.25, 0.3) is 11.5 Å². The fourth-order valence-electron chi connectivity index (χ4n) is 1.92. The number of alkyl halides is 2. The molecule has 0 aromatic carbocycles. The largest absolute Gasteiger partial charge is 0.396 e. The molecule has 1 fully saturated rings. The van der Waals surface area contributed by atoms with Crippen LogP contribution in [0.2, 0.25) is 0 Å². The van der Waals surface area contributed by atoms with E-state index in [2.05, 4.69) is 0 Å². The summed E-state index contributed by atoms with van der Waals surface area (Å²) >= 11 is 0. The van der Waals surface area contributed by atoms with E-state index in [1.807, 2.05) is 4.98 Å². The third-order valence-corrected chi connectivity index (χ3v) is 3.14. The van der Waals surface area contributed by atoms with Crippen molar-refractivity contribution in [2.75, 3.05) is 6.61 Å². The average Bonchev–Trinajstić information content (AvgIpc) is 2.76. The molecule has 1 aliphatic rings. The number of aliphatic hydroxyl groups is 1. The number of aryl methyl sites for hydroxylation is 1. The number of hydrogen-bond donors (Lipinski definition) is 2. The Bertz CT molecular complexity index is 549. The molecule has 0 bridgehead atoms. The molecule has 0 unspecified atom stereocenters. The second-order valence-corrected chi connectivity index (χ2v) is 4.29. The lowest BCUT2D eigenvalue weighted by Gasteiger charge is -2.04. The van der Waals surface area contributed by atoms with Crippen LogP contribution >= 0.6 is 0 Å². The molecule has 2 rings (SSSR count). The van der Waals surface area contributed by atoms with E-state index in [4.69, 9.17) is 5.11 Å². The Balaban J connectivity index is 2.24. The zero-order valence-corrected chi connectivity index (χ0v) is 9.11. The maximum absolute atomic E-state index is 13.1. The van der Waals surface area contributed by atoms with Gasteiger partial charge in [-0.05, 0) is 6.92 Å². The third kappa shape index (κ3) is 1.90. The van der Waals surface area contributed by atoms with Crippen LogP contribution in [-0.2, 0) is 6.54 Å². The molecular formula is C10H12F2N2O3. The smallest absolute Gasteiger partial charge is 0.328 e. The van der Waals surface area contributed by atoms with Crippen LogP contribution in [0, 0.1) is 18.8 Å². The summed E-state index contributed by atoms with van der Waals surface area (Å²) in [6, 6.07) is 0. The van der Waals surface area contributed by atoms with E-state index in [1.165, 1.54) is 13.1 Å². The number of halogens is 2. The van der Waals surface area contributed by atoms with E-state index >= 15 is 0 Å². The number of nitrogens with zero attached hydrogens (tertiary/aromatic N) is 1. The number of rotatable bonds is 3. The molecule has 1 aliphatic carbocycles. The first-order chi connectivity index (χ1) is 7.87. The summed E-state index contributed by atoms with van der Waals surface area (Å²) in [7, 11) is 0. The van der Waals surface area contributed by atoms with Crippen molar-refractivity contribution >= 4 is 0 Å². The molecule has 0 radical (unpaired) electrons. The van der Waals surface area contributed by atoms with Crippen molar-refractivity contribution in [3.8, 4) is 0 Å². The lowest BCUT2D eigenvalue weighted by Crippen LogP contribution is -2.31. The van der Waals surface area contributed by atoms with Crippen molar-refractivity contribution in [1.29, 1.82) is 0 Å². The van der Waals surface area contributed by atoms with Crippen LogP contribution in [0.1, 0.15) is 5.56 Å². The van der Waals surface area contributed by atoms with E-state index in [0.29, 0.717) is 0 Å². The Morgan fingerprint density at radius 2 is 2.12 bits per heavy atom. The summed E-state index contributed by atoms with van der Waals surface area (Å²) in [6.45, 7) is 0.687. The highest BCUT2D eigenvalue weighted by molar-refractivity contribution is 5.07. The lowest BCUT2D eigenvalue weighted by atomic mass is 10.3. The quantitative estimate of drug-likeness (QED) is 0.770. The van der Waals surface area contributed by atoms with Crippen molar-refractivity contribution < 1.29 is 13.9 Å². The van der Waals surface area contributed by atoms with Crippen molar-refractivity contribution in [1.82, 2.24) is 9.55 Å². The Kier molecular flexibility index (Phi) is 2.65. The Hall–Kier alpha value is -1.50. The number of nitrogens with one attached hydrogen (secondary N) is 1. The predicted molar refractivity (Wildman–Crippen MR) is 55.1 cm³/mol. The highest BCUT2D eigenvalue weighted by atomic mass is 19.3. The van der Waals surface area contributed by atoms with Crippen LogP contribution in [0.3, 0.4) is 0 Å². The second-order valence-electron chi connectivity index (χ2n) is 4.29. The van der Waals surface area contributed by atoms with Gasteiger partial charge in [0.05, 0.1) is 18.4 Å². The lowest BCUT2D eigenvalue weighted by molar-refractivity contribution is 0.0701. The molecule has 0 amide bonds. The standard InChI is InChI=1S/C10H12F2N2O3/c1-5-2-14(9(17)13-8(5)16)3-6-7(4-15)10(6,11)12/h2,6-7,15H,3-4H2,1H3,(H,13,16,17)/t6-,7-/m1/s1. The molecule has 2 N–H and O–H groups in total. The fourth-order valence-corrected chi connectivity index (χ4v) is 1.92. The van der Waals surface area contributed by atoms with Crippen LogP contribution in [0.25, 0.3) is 0 Å². The zero-order valence-electron chi connectivity index (χ0n) is 9.11. The molecule has 1 saturated carbocycles.